The molecule has 0 spiro atoms. The number of nitrogens with zero attached hydrogens (tertiary/aromatic N) is 2. The number of alkyl halides is 6. The van der Waals surface area contributed by atoms with Gasteiger partial charge >= 0.3 is 18.4 Å². The van der Waals surface area contributed by atoms with E-state index in [1.807, 2.05) is 24.3 Å². The topological polar surface area (TPSA) is 53.0 Å². The van der Waals surface area contributed by atoms with Gasteiger partial charge in [-0.05, 0) is 54.7 Å². The maximum atomic E-state index is 13.4. The van der Waals surface area contributed by atoms with Crippen LogP contribution in [0.2, 0.25) is 0 Å². The predicted molar refractivity (Wildman–Crippen MR) is 118 cm³/mol. The second kappa shape index (κ2) is 9.93. The Labute approximate surface area is 204 Å². The van der Waals surface area contributed by atoms with Crippen LogP contribution in [-0.2, 0) is 23.5 Å². The van der Waals surface area contributed by atoms with Crippen LogP contribution in [0, 0.1) is 0 Å². The number of carboxylic acid groups (broad SMARTS) is 1. The predicted octanol–water partition coefficient (Wildman–Crippen LogP) is 6.15. The molecule has 0 aromatic heterocycles. The lowest BCUT2D eigenvalue weighted by Crippen LogP contribution is -2.52. The lowest BCUT2D eigenvalue weighted by Gasteiger charge is -2.45. The molecule has 196 valence electrons. The van der Waals surface area contributed by atoms with Gasteiger partial charge in [-0.3, -0.25) is 4.90 Å². The average Bonchev–Trinajstić information content (AvgIpc) is 2.82. The molecule has 1 amide bonds. The molecule has 5 nitrogen and oxygen atoms in total. The van der Waals surface area contributed by atoms with Gasteiger partial charge in [0.05, 0.1) is 29.4 Å². The molecule has 1 aliphatic heterocycles. The van der Waals surface area contributed by atoms with Crippen molar-refractivity contribution in [3.05, 3.63) is 70.3 Å². The van der Waals surface area contributed by atoms with Gasteiger partial charge < -0.3 is 14.7 Å². The first-order valence-corrected chi connectivity index (χ1v) is 11.6. The Hall–Kier alpha value is -2.79. The molecule has 4 rings (SSSR count). The third kappa shape index (κ3) is 5.62. The van der Waals surface area contributed by atoms with Crippen LogP contribution in [0.5, 0.6) is 0 Å². The summed E-state index contributed by atoms with van der Waals surface area (Å²) in [5.74, 6) is 0. The molecule has 3 atom stereocenters. The summed E-state index contributed by atoms with van der Waals surface area (Å²) < 4.78 is 86.3. The number of hydrogen-bond acceptors (Lipinski definition) is 3. The van der Waals surface area contributed by atoms with E-state index in [4.69, 9.17) is 4.74 Å². The third-order valence-electron chi connectivity index (χ3n) is 6.86. The van der Waals surface area contributed by atoms with E-state index in [2.05, 4.69) is 4.90 Å². The van der Waals surface area contributed by atoms with E-state index in [-0.39, 0.29) is 17.7 Å². The first-order chi connectivity index (χ1) is 16.8. The van der Waals surface area contributed by atoms with Crippen LogP contribution in [-0.4, -0.2) is 53.3 Å². The van der Waals surface area contributed by atoms with Gasteiger partial charge in [0.1, 0.15) is 0 Å². The van der Waals surface area contributed by atoms with Gasteiger partial charge in [-0.15, -0.1) is 0 Å². The summed E-state index contributed by atoms with van der Waals surface area (Å²) >= 11 is 0. The molecular weight excluding hydrogens is 490 g/mol. The highest BCUT2D eigenvalue weighted by Gasteiger charge is 2.40. The number of halogens is 6. The van der Waals surface area contributed by atoms with Gasteiger partial charge in [0.2, 0.25) is 0 Å². The lowest BCUT2D eigenvalue weighted by molar-refractivity contribution is -0.143. The second-order valence-corrected chi connectivity index (χ2v) is 9.14. The number of benzene rings is 2. The van der Waals surface area contributed by atoms with Crippen molar-refractivity contribution in [2.75, 3.05) is 26.2 Å². The fourth-order valence-electron chi connectivity index (χ4n) is 5.03. The highest BCUT2D eigenvalue weighted by molar-refractivity contribution is 5.65. The maximum absolute atomic E-state index is 13.4. The standard InChI is InChI=1S/C25H26F6N2O3/c1-15(17-12-18(24(26,27)28)14-19(13-17)25(29,30)31)36-21-7-6-16-4-2-3-5-20(16)22(21)32-8-10-33(11-9-32)23(34)35/h2-5,12-15,21-22H,6-11H2,1H3,(H,34,35)/t15?,21-,22-/m1/s1. The van der Waals surface area contributed by atoms with Crippen molar-refractivity contribution in [1.29, 1.82) is 0 Å². The van der Waals surface area contributed by atoms with E-state index < -0.39 is 41.8 Å². The van der Waals surface area contributed by atoms with Crippen molar-refractivity contribution < 1.29 is 41.0 Å². The van der Waals surface area contributed by atoms with Gasteiger partial charge in [0.25, 0.3) is 0 Å². The number of piperazine rings is 1. The summed E-state index contributed by atoms with van der Waals surface area (Å²) in [6.07, 6.45) is -11.3. The molecular formula is C25H26F6N2O3. The first-order valence-electron chi connectivity index (χ1n) is 11.6. The molecule has 2 aromatic carbocycles. The summed E-state index contributed by atoms with van der Waals surface area (Å²) in [5, 5.41) is 9.27. The molecule has 1 fully saturated rings. The Kier molecular flexibility index (Phi) is 7.25. The number of ether oxygens (including phenoxy) is 1. The molecule has 1 aliphatic carbocycles. The van der Waals surface area contributed by atoms with Crippen molar-refractivity contribution >= 4 is 6.09 Å². The van der Waals surface area contributed by atoms with Crippen LogP contribution in [0.1, 0.15) is 53.3 Å². The quantitative estimate of drug-likeness (QED) is 0.495. The van der Waals surface area contributed by atoms with Crippen molar-refractivity contribution in [3.8, 4) is 0 Å². The highest BCUT2D eigenvalue weighted by atomic mass is 19.4. The molecule has 0 saturated carbocycles. The lowest BCUT2D eigenvalue weighted by atomic mass is 9.84. The molecule has 1 unspecified atom stereocenters. The molecule has 36 heavy (non-hydrogen) atoms. The van der Waals surface area contributed by atoms with E-state index in [0.717, 1.165) is 11.1 Å². The van der Waals surface area contributed by atoms with Crippen molar-refractivity contribution in [3.63, 3.8) is 0 Å². The van der Waals surface area contributed by atoms with Crippen LogP contribution in [0.3, 0.4) is 0 Å². The molecule has 1 saturated heterocycles. The van der Waals surface area contributed by atoms with E-state index in [1.165, 1.54) is 11.8 Å². The Morgan fingerprint density at radius 3 is 2.11 bits per heavy atom. The number of amides is 1. The zero-order chi connectivity index (χ0) is 26.3. The number of aryl methyl sites for hydroxylation is 1. The van der Waals surface area contributed by atoms with Gasteiger partial charge in [-0.25, -0.2) is 4.79 Å². The van der Waals surface area contributed by atoms with Gasteiger partial charge in [-0.2, -0.15) is 26.3 Å². The second-order valence-electron chi connectivity index (χ2n) is 9.14. The summed E-state index contributed by atoms with van der Waals surface area (Å²) in [7, 11) is 0. The molecule has 2 aliphatic rings. The third-order valence-corrected chi connectivity index (χ3v) is 6.86. The summed E-state index contributed by atoms with van der Waals surface area (Å²) in [6, 6.07) is 8.91. The average molecular weight is 516 g/mol. The SMILES string of the molecule is CC(O[C@@H]1CCc2ccccc2[C@H]1N1CCN(C(=O)O)CC1)c1cc(C(F)(F)F)cc(C(F)(F)F)c1. The minimum atomic E-state index is -4.94. The maximum Gasteiger partial charge on any atom is 0.416 e. The van der Waals surface area contributed by atoms with Crippen LogP contribution in [0.4, 0.5) is 31.1 Å². The van der Waals surface area contributed by atoms with E-state index in [9.17, 15) is 36.2 Å². The normalized spacial score (nSPS) is 22.2. The highest BCUT2D eigenvalue weighted by Crippen LogP contribution is 2.41. The summed E-state index contributed by atoms with van der Waals surface area (Å²) in [5.41, 5.74) is -0.888. The van der Waals surface area contributed by atoms with Gasteiger partial charge in [-0.1, -0.05) is 24.3 Å². The monoisotopic (exact) mass is 516 g/mol. The number of rotatable bonds is 4. The zero-order valence-corrected chi connectivity index (χ0v) is 19.4. The minimum Gasteiger partial charge on any atom is -0.465 e. The van der Waals surface area contributed by atoms with Crippen molar-refractivity contribution in [1.82, 2.24) is 9.80 Å². The zero-order valence-electron chi connectivity index (χ0n) is 19.4. The Morgan fingerprint density at radius 1 is 0.972 bits per heavy atom. The van der Waals surface area contributed by atoms with Crippen LogP contribution in [0.15, 0.2) is 42.5 Å². The Bertz CT molecular complexity index is 1060. The molecule has 11 heteroatoms. The summed E-state index contributed by atoms with van der Waals surface area (Å²) in [4.78, 5) is 14.7. The van der Waals surface area contributed by atoms with Crippen LogP contribution in [0.25, 0.3) is 0 Å². The summed E-state index contributed by atoms with van der Waals surface area (Å²) in [6.45, 7) is 2.90. The number of fused-ring (bicyclic) bond motifs is 1. The van der Waals surface area contributed by atoms with Gasteiger partial charge in [0, 0.05) is 26.2 Å². The number of carbonyl (C=O) groups is 1. The minimum absolute atomic E-state index is 0.109. The van der Waals surface area contributed by atoms with Crippen molar-refractivity contribution in [2.24, 2.45) is 0 Å². The number of hydrogen-bond donors (Lipinski definition) is 1. The van der Waals surface area contributed by atoms with E-state index in [1.54, 1.807) is 0 Å². The molecule has 1 N–H and O–H groups in total. The van der Waals surface area contributed by atoms with Crippen LogP contribution < -0.4 is 0 Å². The van der Waals surface area contributed by atoms with E-state index in [0.29, 0.717) is 51.2 Å². The first kappa shape index (κ1) is 26.3. The smallest absolute Gasteiger partial charge is 0.416 e. The molecule has 1 heterocycles. The van der Waals surface area contributed by atoms with E-state index >= 15 is 0 Å². The van der Waals surface area contributed by atoms with Crippen molar-refractivity contribution in [2.45, 2.75) is 50.4 Å². The molecule has 2 aromatic rings. The Morgan fingerprint density at radius 2 is 1.56 bits per heavy atom. The fraction of sp³-hybridized carbons (Fsp3) is 0.480. The largest absolute Gasteiger partial charge is 0.465 e. The Balaban J connectivity index is 1.63. The molecule has 0 radical (unpaired) electrons. The van der Waals surface area contributed by atoms with Gasteiger partial charge in [0.15, 0.2) is 0 Å². The fourth-order valence-corrected chi connectivity index (χ4v) is 5.03. The van der Waals surface area contributed by atoms with Crippen LogP contribution >= 0.6 is 0 Å². The molecule has 0 bridgehead atoms.